The summed E-state index contributed by atoms with van der Waals surface area (Å²) in [4.78, 5) is 33.9. The van der Waals surface area contributed by atoms with Gasteiger partial charge in [-0.25, -0.2) is 4.79 Å². The van der Waals surface area contributed by atoms with E-state index in [1.807, 2.05) is 6.07 Å². The second-order valence-corrected chi connectivity index (χ2v) is 4.37. The van der Waals surface area contributed by atoms with Gasteiger partial charge < -0.3 is 14.8 Å². The van der Waals surface area contributed by atoms with E-state index >= 15 is 0 Å². The van der Waals surface area contributed by atoms with Gasteiger partial charge in [-0.1, -0.05) is 18.2 Å². The lowest BCUT2D eigenvalue weighted by atomic mass is 10.1. The van der Waals surface area contributed by atoms with Crippen molar-refractivity contribution in [2.45, 2.75) is 19.4 Å². The predicted molar refractivity (Wildman–Crippen MR) is 70.4 cm³/mol. The van der Waals surface area contributed by atoms with Crippen LogP contribution in [0.4, 0.5) is 0 Å². The second-order valence-electron chi connectivity index (χ2n) is 4.37. The lowest BCUT2D eigenvalue weighted by molar-refractivity contribution is -0.141. The number of rotatable bonds is 5. The smallest absolute Gasteiger partial charge is 0.326 e. The second kappa shape index (κ2) is 5.56. The SMILES string of the molecule is CC(=O)NC(CC(=O)c1cc2ccccc2o1)C(=O)O. The maximum Gasteiger partial charge on any atom is 0.326 e. The van der Waals surface area contributed by atoms with Gasteiger partial charge in [-0.3, -0.25) is 9.59 Å². The van der Waals surface area contributed by atoms with Crippen LogP contribution in [0, 0.1) is 0 Å². The van der Waals surface area contributed by atoms with Crippen LogP contribution in [-0.2, 0) is 9.59 Å². The zero-order chi connectivity index (χ0) is 14.7. The van der Waals surface area contributed by atoms with Crippen molar-refractivity contribution in [3.05, 3.63) is 36.1 Å². The molecule has 0 aliphatic heterocycles. The quantitative estimate of drug-likeness (QED) is 0.808. The third kappa shape index (κ3) is 3.03. The van der Waals surface area contributed by atoms with Gasteiger partial charge in [0, 0.05) is 18.7 Å². The highest BCUT2D eigenvalue weighted by Gasteiger charge is 2.24. The van der Waals surface area contributed by atoms with E-state index < -0.39 is 23.7 Å². The Morgan fingerprint density at radius 3 is 2.60 bits per heavy atom. The fourth-order valence-electron chi connectivity index (χ4n) is 1.85. The molecule has 1 heterocycles. The molecule has 6 nitrogen and oxygen atoms in total. The Morgan fingerprint density at radius 1 is 1.30 bits per heavy atom. The molecule has 0 saturated carbocycles. The summed E-state index contributed by atoms with van der Waals surface area (Å²) in [6.07, 6.45) is -0.352. The molecule has 2 rings (SSSR count). The van der Waals surface area contributed by atoms with E-state index in [4.69, 9.17) is 9.52 Å². The molecule has 104 valence electrons. The number of carboxylic acid groups (broad SMARTS) is 1. The summed E-state index contributed by atoms with van der Waals surface area (Å²) in [5.41, 5.74) is 0.558. The maximum atomic E-state index is 12.0. The molecule has 1 atom stereocenters. The van der Waals surface area contributed by atoms with Gasteiger partial charge in [0.15, 0.2) is 5.76 Å². The maximum absolute atomic E-state index is 12.0. The lowest BCUT2D eigenvalue weighted by Crippen LogP contribution is -2.41. The molecule has 0 aliphatic rings. The molecule has 1 aromatic heterocycles. The van der Waals surface area contributed by atoms with E-state index in [1.165, 1.54) is 6.92 Å². The molecule has 20 heavy (non-hydrogen) atoms. The number of nitrogens with one attached hydrogen (secondary N) is 1. The first kappa shape index (κ1) is 13.8. The van der Waals surface area contributed by atoms with Crippen LogP contribution in [0.15, 0.2) is 34.7 Å². The fourth-order valence-corrected chi connectivity index (χ4v) is 1.85. The number of furan rings is 1. The number of carboxylic acids is 1. The van der Waals surface area contributed by atoms with Gasteiger partial charge in [0.05, 0.1) is 0 Å². The van der Waals surface area contributed by atoms with E-state index in [0.717, 1.165) is 5.39 Å². The minimum Gasteiger partial charge on any atom is -0.480 e. The number of Topliss-reactive ketones (excluding diaryl/α,β-unsaturated/α-hetero) is 1. The standard InChI is InChI=1S/C14H13NO5/c1-8(16)15-10(14(18)19)7-11(17)13-6-9-4-2-3-5-12(9)20-13/h2-6,10H,7H2,1H3,(H,15,16)(H,18,19). The Labute approximate surface area is 114 Å². The summed E-state index contributed by atoms with van der Waals surface area (Å²) < 4.78 is 5.36. The average molecular weight is 275 g/mol. The number of amides is 1. The number of hydrogen-bond donors (Lipinski definition) is 2. The molecule has 2 aromatic rings. The molecular formula is C14H13NO5. The van der Waals surface area contributed by atoms with Crippen LogP contribution in [0.2, 0.25) is 0 Å². The van der Waals surface area contributed by atoms with E-state index in [2.05, 4.69) is 5.32 Å². The van der Waals surface area contributed by atoms with Gasteiger partial charge in [0.2, 0.25) is 11.7 Å². The van der Waals surface area contributed by atoms with Crippen molar-refractivity contribution in [1.29, 1.82) is 0 Å². The molecule has 0 fully saturated rings. The van der Waals surface area contributed by atoms with Crippen molar-refractivity contribution in [3.8, 4) is 0 Å². The van der Waals surface area contributed by atoms with Gasteiger partial charge in [-0.2, -0.15) is 0 Å². The first-order valence-electron chi connectivity index (χ1n) is 5.99. The number of benzene rings is 1. The zero-order valence-corrected chi connectivity index (χ0v) is 10.8. The van der Waals surface area contributed by atoms with Crippen LogP contribution in [0.3, 0.4) is 0 Å². The molecular weight excluding hydrogens is 262 g/mol. The van der Waals surface area contributed by atoms with E-state index in [1.54, 1.807) is 24.3 Å². The van der Waals surface area contributed by atoms with Crippen LogP contribution >= 0.6 is 0 Å². The highest BCUT2D eigenvalue weighted by atomic mass is 16.4. The first-order valence-corrected chi connectivity index (χ1v) is 5.99. The van der Waals surface area contributed by atoms with Gasteiger partial charge in [0.1, 0.15) is 11.6 Å². The summed E-state index contributed by atoms with van der Waals surface area (Å²) in [5.74, 6) is -2.15. The van der Waals surface area contributed by atoms with Crippen LogP contribution in [0.25, 0.3) is 11.0 Å². The minimum absolute atomic E-state index is 0.0859. The van der Waals surface area contributed by atoms with Crippen LogP contribution < -0.4 is 5.32 Å². The van der Waals surface area contributed by atoms with E-state index in [9.17, 15) is 14.4 Å². The topological polar surface area (TPSA) is 96.6 Å². The molecule has 2 N–H and O–H groups in total. The molecule has 1 amide bonds. The Hall–Kier alpha value is -2.63. The number of carbonyl (C=O) groups is 3. The number of ketones is 1. The summed E-state index contributed by atoms with van der Waals surface area (Å²) in [7, 11) is 0. The highest BCUT2D eigenvalue weighted by Crippen LogP contribution is 2.20. The Kier molecular flexibility index (Phi) is 3.84. The number of hydrogen-bond acceptors (Lipinski definition) is 4. The molecule has 0 bridgehead atoms. The fraction of sp³-hybridized carbons (Fsp3) is 0.214. The molecule has 1 aromatic carbocycles. The molecule has 0 radical (unpaired) electrons. The summed E-state index contributed by atoms with van der Waals surface area (Å²) in [6, 6.07) is 7.39. The van der Waals surface area contributed by atoms with Crippen molar-refractivity contribution >= 4 is 28.6 Å². The summed E-state index contributed by atoms with van der Waals surface area (Å²) in [6.45, 7) is 1.20. The monoisotopic (exact) mass is 275 g/mol. The van der Waals surface area contributed by atoms with E-state index in [0.29, 0.717) is 5.58 Å². The molecule has 6 heteroatoms. The van der Waals surface area contributed by atoms with Gasteiger partial charge in [-0.05, 0) is 12.1 Å². The molecule has 0 saturated heterocycles. The van der Waals surface area contributed by atoms with Gasteiger partial charge >= 0.3 is 5.97 Å². The van der Waals surface area contributed by atoms with Crippen molar-refractivity contribution in [2.75, 3.05) is 0 Å². The van der Waals surface area contributed by atoms with Crippen LogP contribution in [0.5, 0.6) is 0 Å². The Morgan fingerprint density at radius 2 is 2.00 bits per heavy atom. The summed E-state index contributed by atoms with van der Waals surface area (Å²) >= 11 is 0. The third-order valence-electron chi connectivity index (χ3n) is 2.77. The third-order valence-corrected chi connectivity index (χ3v) is 2.77. The highest BCUT2D eigenvalue weighted by molar-refractivity contribution is 6.00. The average Bonchev–Trinajstić information content (AvgIpc) is 2.81. The van der Waals surface area contributed by atoms with Crippen molar-refractivity contribution in [1.82, 2.24) is 5.32 Å². The molecule has 1 unspecified atom stereocenters. The Balaban J connectivity index is 2.17. The van der Waals surface area contributed by atoms with Crippen LogP contribution in [-0.4, -0.2) is 28.8 Å². The van der Waals surface area contributed by atoms with Gasteiger partial charge in [0.25, 0.3) is 0 Å². The van der Waals surface area contributed by atoms with Crippen molar-refractivity contribution in [3.63, 3.8) is 0 Å². The number of fused-ring (bicyclic) bond motifs is 1. The normalized spacial score (nSPS) is 12.1. The molecule has 0 aliphatic carbocycles. The van der Waals surface area contributed by atoms with E-state index in [-0.39, 0.29) is 12.2 Å². The number of aliphatic carboxylic acids is 1. The minimum atomic E-state index is -1.26. The summed E-state index contributed by atoms with van der Waals surface area (Å²) in [5, 5.41) is 11.9. The largest absolute Gasteiger partial charge is 0.480 e. The van der Waals surface area contributed by atoms with Crippen molar-refractivity contribution < 1.29 is 23.9 Å². The first-order chi connectivity index (χ1) is 9.47. The van der Waals surface area contributed by atoms with Crippen molar-refractivity contribution in [2.24, 2.45) is 0 Å². The van der Waals surface area contributed by atoms with Gasteiger partial charge in [-0.15, -0.1) is 0 Å². The lowest BCUT2D eigenvalue weighted by Gasteiger charge is -2.11. The van der Waals surface area contributed by atoms with Crippen LogP contribution in [0.1, 0.15) is 23.9 Å². The number of carbonyl (C=O) groups excluding carboxylic acids is 2. The predicted octanol–water partition coefficient (Wildman–Crippen LogP) is 1.59. The number of para-hydroxylation sites is 1. The zero-order valence-electron chi connectivity index (χ0n) is 10.8. The Bertz CT molecular complexity index is 640. The molecule has 0 spiro atoms.